The van der Waals surface area contributed by atoms with Gasteiger partial charge in [0.25, 0.3) is 5.91 Å². The highest BCUT2D eigenvalue weighted by molar-refractivity contribution is 5.97. The van der Waals surface area contributed by atoms with Gasteiger partial charge in [-0.05, 0) is 54.8 Å². The number of hydrogen-bond donors (Lipinski definition) is 2. The molecule has 1 aromatic carbocycles. The van der Waals surface area contributed by atoms with E-state index in [1.54, 1.807) is 19.2 Å². The summed E-state index contributed by atoms with van der Waals surface area (Å²) in [5.41, 5.74) is 8.58. The third-order valence-electron chi connectivity index (χ3n) is 6.05. The third kappa shape index (κ3) is 7.66. The minimum absolute atomic E-state index is 0.00391. The van der Waals surface area contributed by atoms with Crippen molar-refractivity contribution < 1.29 is 14.4 Å². The Labute approximate surface area is 201 Å². The highest BCUT2D eigenvalue weighted by atomic mass is 16.2. The maximum atomic E-state index is 12.7. The van der Waals surface area contributed by atoms with Gasteiger partial charge in [0.2, 0.25) is 11.8 Å². The molecule has 2 aromatic rings. The number of hydrogen-bond acceptors (Lipinski definition) is 5. The number of pyridine rings is 1. The number of aromatic nitrogens is 1. The van der Waals surface area contributed by atoms with Gasteiger partial charge in [-0.2, -0.15) is 0 Å². The molecule has 0 unspecified atom stereocenters. The lowest BCUT2D eigenvalue weighted by Crippen LogP contribution is -2.33. The van der Waals surface area contributed by atoms with E-state index in [0.29, 0.717) is 18.7 Å². The maximum Gasteiger partial charge on any atom is 0.251 e. The average Bonchev–Trinajstić information content (AvgIpc) is 2.80. The first-order chi connectivity index (χ1) is 16.4. The lowest BCUT2D eigenvalue weighted by Gasteiger charge is -2.29. The molecule has 1 aromatic heterocycles. The summed E-state index contributed by atoms with van der Waals surface area (Å²) < 4.78 is 0. The van der Waals surface area contributed by atoms with E-state index in [2.05, 4.69) is 21.3 Å². The highest BCUT2D eigenvalue weighted by Gasteiger charge is 2.20. The van der Waals surface area contributed by atoms with E-state index in [1.165, 1.54) is 0 Å². The van der Waals surface area contributed by atoms with Crippen LogP contribution in [-0.4, -0.2) is 47.2 Å². The van der Waals surface area contributed by atoms with Crippen LogP contribution in [0.2, 0.25) is 0 Å². The van der Waals surface area contributed by atoms with Crippen molar-refractivity contribution >= 4 is 23.4 Å². The second kappa shape index (κ2) is 12.8. The smallest absolute Gasteiger partial charge is 0.251 e. The number of nitrogens with one attached hydrogen (secondary N) is 1. The third-order valence-corrected chi connectivity index (χ3v) is 6.05. The van der Waals surface area contributed by atoms with E-state index in [1.807, 2.05) is 29.3 Å². The maximum absolute atomic E-state index is 12.7. The molecule has 1 aliphatic heterocycles. The number of benzene rings is 1. The second-order valence-corrected chi connectivity index (χ2v) is 8.83. The normalized spacial score (nSPS) is 15.5. The molecule has 0 saturated carbocycles. The second-order valence-electron chi connectivity index (χ2n) is 8.83. The molecule has 3 amide bonds. The van der Waals surface area contributed by atoms with E-state index >= 15 is 0 Å². The van der Waals surface area contributed by atoms with Gasteiger partial charge in [-0.25, -0.2) is 0 Å². The van der Waals surface area contributed by atoms with Crippen molar-refractivity contribution in [3.8, 4) is 0 Å². The largest absolute Gasteiger partial charge is 0.370 e. The van der Waals surface area contributed by atoms with Crippen LogP contribution in [0, 0.1) is 0 Å². The summed E-state index contributed by atoms with van der Waals surface area (Å²) in [6.07, 6.45) is 9.18. The van der Waals surface area contributed by atoms with Gasteiger partial charge in [0, 0.05) is 63.2 Å². The van der Waals surface area contributed by atoms with Crippen LogP contribution in [0.4, 0.5) is 5.69 Å². The molecule has 0 atom stereocenters. The van der Waals surface area contributed by atoms with Gasteiger partial charge in [-0.15, -0.1) is 0 Å². The molecular weight excluding hydrogens is 430 g/mol. The number of nitrogens with zero attached hydrogens (tertiary/aromatic N) is 3. The van der Waals surface area contributed by atoms with Gasteiger partial charge in [0.05, 0.1) is 0 Å². The fraction of sp³-hybridized carbons (Fsp3) is 0.462. The van der Waals surface area contributed by atoms with Gasteiger partial charge in [0.15, 0.2) is 0 Å². The number of carbonyl (C=O) groups excluding carboxylic acids is 3. The van der Waals surface area contributed by atoms with E-state index in [4.69, 9.17) is 5.73 Å². The van der Waals surface area contributed by atoms with Crippen LogP contribution in [0.25, 0.3) is 0 Å². The zero-order valence-electron chi connectivity index (χ0n) is 20.0. The Balaban J connectivity index is 1.92. The van der Waals surface area contributed by atoms with Crippen LogP contribution in [0.3, 0.4) is 0 Å². The van der Waals surface area contributed by atoms with Crippen LogP contribution in [0.15, 0.2) is 42.7 Å². The number of amides is 3. The summed E-state index contributed by atoms with van der Waals surface area (Å²) in [4.78, 5) is 44.7. The molecule has 0 saturated heterocycles. The molecule has 0 fully saturated rings. The summed E-state index contributed by atoms with van der Waals surface area (Å²) in [5.74, 6) is -0.722. The molecule has 2 heterocycles. The van der Waals surface area contributed by atoms with E-state index in [9.17, 15) is 14.4 Å². The van der Waals surface area contributed by atoms with Gasteiger partial charge < -0.3 is 16.0 Å². The molecule has 8 heteroatoms. The van der Waals surface area contributed by atoms with Crippen LogP contribution in [-0.2, 0) is 22.7 Å². The number of carbonyl (C=O) groups is 3. The van der Waals surface area contributed by atoms with Crippen LogP contribution in [0.5, 0.6) is 0 Å². The first-order valence-corrected chi connectivity index (χ1v) is 12.0. The number of anilines is 1. The summed E-state index contributed by atoms with van der Waals surface area (Å²) in [6.45, 7) is 4.71. The van der Waals surface area contributed by atoms with Crippen molar-refractivity contribution in [2.24, 2.45) is 5.73 Å². The number of primary amides is 1. The van der Waals surface area contributed by atoms with Crippen molar-refractivity contribution in [3.63, 3.8) is 0 Å². The number of nitrogens with two attached hydrogens (primary N) is 1. The Hall–Kier alpha value is -3.26. The monoisotopic (exact) mass is 465 g/mol. The minimum atomic E-state index is -0.457. The summed E-state index contributed by atoms with van der Waals surface area (Å²) in [5, 5.41) is 2.75. The Morgan fingerprint density at radius 3 is 2.53 bits per heavy atom. The topological polar surface area (TPSA) is 109 Å². The van der Waals surface area contributed by atoms with Gasteiger partial charge >= 0.3 is 0 Å². The predicted octanol–water partition coefficient (Wildman–Crippen LogP) is 3.01. The predicted molar refractivity (Wildman–Crippen MR) is 132 cm³/mol. The first-order valence-electron chi connectivity index (χ1n) is 12.0. The van der Waals surface area contributed by atoms with Gasteiger partial charge in [-0.1, -0.05) is 25.3 Å². The SMILES string of the molecule is CC(=O)N1CCCCCCCN(Cc2cccnc2)Cc2cc(C(=O)NCCC(N)=O)ccc21. The quantitative estimate of drug-likeness (QED) is 0.682. The average molecular weight is 466 g/mol. The van der Waals surface area contributed by atoms with E-state index < -0.39 is 5.91 Å². The Bertz CT molecular complexity index is 980. The van der Waals surface area contributed by atoms with Crippen LogP contribution >= 0.6 is 0 Å². The fourth-order valence-electron chi connectivity index (χ4n) is 4.31. The van der Waals surface area contributed by atoms with Gasteiger partial charge in [0.1, 0.15) is 0 Å². The van der Waals surface area contributed by atoms with Crippen LogP contribution < -0.4 is 16.0 Å². The van der Waals surface area contributed by atoms with Gasteiger partial charge in [-0.3, -0.25) is 24.3 Å². The minimum Gasteiger partial charge on any atom is -0.370 e. The molecule has 0 radical (unpaired) electrons. The molecule has 1 aliphatic rings. The zero-order valence-corrected chi connectivity index (χ0v) is 20.0. The lowest BCUT2D eigenvalue weighted by molar-refractivity contribution is -0.118. The molecular formula is C26H35N5O3. The molecule has 3 rings (SSSR count). The molecule has 0 aliphatic carbocycles. The zero-order chi connectivity index (χ0) is 24.3. The first kappa shape index (κ1) is 25.4. The standard InChI is InChI=1S/C26H35N5O3/c1-20(32)31-15-6-4-2-3-5-14-30(18-21-8-7-12-28-17-21)19-23-16-22(9-10-24(23)31)26(34)29-13-11-25(27)33/h7-10,12,16-17H,2-6,11,13-15,18-19H2,1H3,(H2,27,33)(H,29,34). The Morgan fingerprint density at radius 2 is 1.82 bits per heavy atom. The van der Waals surface area contributed by atoms with Crippen molar-refractivity contribution in [2.75, 3.05) is 24.5 Å². The Kier molecular flexibility index (Phi) is 9.58. The van der Waals surface area contributed by atoms with Crippen LogP contribution in [0.1, 0.15) is 66.9 Å². The number of fused-ring (bicyclic) bond motifs is 1. The molecule has 34 heavy (non-hydrogen) atoms. The highest BCUT2D eigenvalue weighted by Crippen LogP contribution is 2.26. The number of rotatable bonds is 6. The van der Waals surface area contributed by atoms with E-state index in [0.717, 1.165) is 62.0 Å². The molecule has 8 nitrogen and oxygen atoms in total. The van der Waals surface area contributed by atoms with E-state index in [-0.39, 0.29) is 24.8 Å². The van der Waals surface area contributed by atoms with Crippen molar-refractivity contribution in [2.45, 2.75) is 58.5 Å². The fourth-order valence-corrected chi connectivity index (χ4v) is 4.31. The van der Waals surface area contributed by atoms with Crippen molar-refractivity contribution in [3.05, 3.63) is 59.4 Å². The Morgan fingerprint density at radius 1 is 1.06 bits per heavy atom. The summed E-state index contributed by atoms with van der Waals surface area (Å²) >= 11 is 0. The lowest BCUT2D eigenvalue weighted by atomic mass is 10.0. The molecule has 182 valence electrons. The molecule has 3 N–H and O–H groups in total. The van der Waals surface area contributed by atoms with Crippen molar-refractivity contribution in [1.82, 2.24) is 15.2 Å². The van der Waals surface area contributed by atoms with Crippen molar-refractivity contribution in [1.29, 1.82) is 0 Å². The molecule has 0 spiro atoms. The summed E-state index contributed by atoms with van der Waals surface area (Å²) in [7, 11) is 0. The molecule has 0 bridgehead atoms. The summed E-state index contributed by atoms with van der Waals surface area (Å²) in [6, 6.07) is 9.48.